The summed E-state index contributed by atoms with van der Waals surface area (Å²) < 4.78 is 19.7. The predicted molar refractivity (Wildman–Crippen MR) is 95.7 cm³/mol. The van der Waals surface area contributed by atoms with Crippen LogP contribution in [0.5, 0.6) is 0 Å². The van der Waals surface area contributed by atoms with Gasteiger partial charge in [-0.25, -0.2) is 9.18 Å². The standard InChI is InChI=1S/C20H21FN2O2/c1-13(16-9-5-6-10-17(16)21)22-20(24)23(3)14(2)19-12-15-8-4-7-11-18(15)25-19/h4-14H,1-3H3,(H,22,24)/t13-,14-/m1/s1. The molecule has 130 valence electrons. The van der Waals surface area contributed by atoms with Crippen molar-refractivity contribution in [2.75, 3.05) is 7.05 Å². The van der Waals surface area contributed by atoms with Crippen LogP contribution in [0.25, 0.3) is 11.0 Å². The van der Waals surface area contributed by atoms with Gasteiger partial charge in [-0.3, -0.25) is 0 Å². The second kappa shape index (κ2) is 6.97. The minimum atomic E-state index is -0.431. The quantitative estimate of drug-likeness (QED) is 0.723. The zero-order chi connectivity index (χ0) is 18.0. The summed E-state index contributed by atoms with van der Waals surface area (Å²) in [5.41, 5.74) is 1.25. The van der Waals surface area contributed by atoms with Gasteiger partial charge >= 0.3 is 6.03 Å². The average Bonchev–Trinajstić information content (AvgIpc) is 3.04. The summed E-state index contributed by atoms with van der Waals surface area (Å²) in [6, 6.07) is 15.1. The number of amides is 2. The van der Waals surface area contributed by atoms with E-state index in [-0.39, 0.29) is 17.9 Å². The Morgan fingerprint density at radius 2 is 1.80 bits per heavy atom. The molecule has 0 bridgehead atoms. The number of rotatable bonds is 4. The van der Waals surface area contributed by atoms with Crippen molar-refractivity contribution in [1.82, 2.24) is 10.2 Å². The summed E-state index contributed by atoms with van der Waals surface area (Å²) in [7, 11) is 1.70. The summed E-state index contributed by atoms with van der Waals surface area (Å²) in [5, 5.41) is 3.82. The lowest BCUT2D eigenvalue weighted by atomic mass is 10.1. The van der Waals surface area contributed by atoms with Crippen molar-refractivity contribution in [3.8, 4) is 0 Å². The number of nitrogens with one attached hydrogen (secondary N) is 1. The minimum absolute atomic E-state index is 0.250. The van der Waals surface area contributed by atoms with Gasteiger partial charge in [-0.05, 0) is 32.0 Å². The number of hydrogen-bond donors (Lipinski definition) is 1. The molecular formula is C20H21FN2O2. The van der Waals surface area contributed by atoms with Crippen LogP contribution in [0, 0.1) is 5.82 Å². The highest BCUT2D eigenvalue weighted by atomic mass is 19.1. The first kappa shape index (κ1) is 17.0. The number of urea groups is 1. The highest BCUT2D eigenvalue weighted by Crippen LogP contribution is 2.27. The van der Waals surface area contributed by atoms with Gasteiger partial charge < -0.3 is 14.6 Å². The molecule has 1 heterocycles. The fraction of sp³-hybridized carbons (Fsp3) is 0.250. The Morgan fingerprint density at radius 1 is 1.12 bits per heavy atom. The van der Waals surface area contributed by atoms with E-state index in [0.29, 0.717) is 11.3 Å². The third-order valence-electron chi connectivity index (χ3n) is 4.47. The zero-order valence-electron chi connectivity index (χ0n) is 14.5. The maximum atomic E-state index is 13.9. The van der Waals surface area contributed by atoms with Crippen molar-refractivity contribution >= 4 is 17.0 Å². The molecule has 3 aromatic rings. The summed E-state index contributed by atoms with van der Waals surface area (Å²) in [6.45, 7) is 3.65. The summed E-state index contributed by atoms with van der Waals surface area (Å²) >= 11 is 0. The maximum Gasteiger partial charge on any atom is 0.318 e. The molecule has 0 spiro atoms. The van der Waals surface area contributed by atoms with Gasteiger partial charge in [0.25, 0.3) is 0 Å². The largest absolute Gasteiger partial charge is 0.459 e. The Bertz CT molecular complexity index is 857. The molecule has 2 amide bonds. The highest BCUT2D eigenvalue weighted by molar-refractivity contribution is 5.78. The number of carbonyl (C=O) groups is 1. The molecule has 0 radical (unpaired) electrons. The number of nitrogens with zero attached hydrogens (tertiary/aromatic N) is 1. The van der Waals surface area contributed by atoms with E-state index < -0.39 is 6.04 Å². The number of para-hydroxylation sites is 1. The van der Waals surface area contributed by atoms with Crippen molar-refractivity contribution in [3.05, 3.63) is 71.7 Å². The van der Waals surface area contributed by atoms with Crippen LogP contribution in [0.1, 0.15) is 37.3 Å². The summed E-state index contributed by atoms with van der Waals surface area (Å²) in [4.78, 5) is 14.1. The number of carbonyl (C=O) groups excluding carboxylic acids is 1. The van der Waals surface area contributed by atoms with E-state index >= 15 is 0 Å². The Hall–Kier alpha value is -2.82. The number of halogens is 1. The first-order valence-electron chi connectivity index (χ1n) is 8.23. The van der Waals surface area contributed by atoms with E-state index in [0.717, 1.165) is 11.0 Å². The SMILES string of the molecule is C[C@H](c1cc2ccccc2o1)N(C)C(=O)N[C@H](C)c1ccccc1F. The Labute approximate surface area is 146 Å². The van der Waals surface area contributed by atoms with Gasteiger partial charge in [-0.1, -0.05) is 36.4 Å². The summed E-state index contributed by atoms with van der Waals surface area (Å²) in [5.74, 6) is 0.376. The molecule has 2 aromatic carbocycles. The van der Waals surface area contributed by atoms with Gasteiger partial charge in [0.1, 0.15) is 17.2 Å². The first-order valence-corrected chi connectivity index (χ1v) is 8.23. The number of furan rings is 1. The maximum absolute atomic E-state index is 13.9. The molecule has 2 atom stereocenters. The number of fused-ring (bicyclic) bond motifs is 1. The monoisotopic (exact) mass is 340 g/mol. The first-order chi connectivity index (χ1) is 12.0. The van der Waals surface area contributed by atoms with Gasteiger partial charge in [0.15, 0.2) is 0 Å². The molecule has 1 N–H and O–H groups in total. The average molecular weight is 340 g/mol. The molecular weight excluding hydrogens is 319 g/mol. The molecule has 1 aromatic heterocycles. The van der Waals surface area contributed by atoms with Gasteiger partial charge in [0.05, 0.1) is 12.1 Å². The fourth-order valence-corrected chi connectivity index (χ4v) is 2.77. The Kier molecular flexibility index (Phi) is 4.74. The fourth-order valence-electron chi connectivity index (χ4n) is 2.77. The van der Waals surface area contributed by atoms with Crippen LogP contribution in [-0.4, -0.2) is 18.0 Å². The molecule has 4 nitrogen and oxygen atoms in total. The molecule has 0 saturated carbocycles. The number of benzene rings is 2. The van der Waals surface area contributed by atoms with E-state index in [9.17, 15) is 9.18 Å². The molecule has 0 aliphatic rings. The third kappa shape index (κ3) is 3.50. The van der Waals surface area contributed by atoms with Crippen molar-refractivity contribution < 1.29 is 13.6 Å². The van der Waals surface area contributed by atoms with Crippen molar-refractivity contribution in [1.29, 1.82) is 0 Å². The van der Waals surface area contributed by atoms with Gasteiger partial charge in [-0.15, -0.1) is 0 Å². The molecule has 0 aliphatic carbocycles. The molecule has 3 rings (SSSR count). The van der Waals surface area contributed by atoms with E-state index in [1.54, 1.807) is 37.1 Å². The van der Waals surface area contributed by atoms with Crippen LogP contribution in [0.15, 0.2) is 59.0 Å². The predicted octanol–water partition coefficient (Wildman–Crippen LogP) is 5.04. The second-order valence-electron chi connectivity index (χ2n) is 6.17. The van der Waals surface area contributed by atoms with E-state index in [2.05, 4.69) is 5.32 Å². The minimum Gasteiger partial charge on any atom is -0.459 e. The number of hydrogen-bond acceptors (Lipinski definition) is 2. The van der Waals surface area contributed by atoms with Crippen LogP contribution < -0.4 is 5.32 Å². The van der Waals surface area contributed by atoms with Crippen LogP contribution in [-0.2, 0) is 0 Å². The van der Waals surface area contributed by atoms with Gasteiger partial charge in [0, 0.05) is 18.0 Å². The smallest absolute Gasteiger partial charge is 0.318 e. The highest BCUT2D eigenvalue weighted by Gasteiger charge is 2.22. The Morgan fingerprint density at radius 3 is 2.52 bits per heavy atom. The topological polar surface area (TPSA) is 45.5 Å². The van der Waals surface area contributed by atoms with E-state index in [1.165, 1.54) is 6.07 Å². The lowest BCUT2D eigenvalue weighted by molar-refractivity contribution is 0.184. The van der Waals surface area contributed by atoms with Crippen LogP contribution in [0.4, 0.5) is 9.18 Å². The molecule has 5 heteroatoms. The Balaban J connectivity index is 1.72. The van der Waals surface area contributed by atoms with Crippen LogP contribution in [0.3, 0.4) is 0 Å². The molecule has 0 fully saturated rings. The zero-order valence-corrected chi connectivity index (χ0v) is 14.5. The van der Waals surface area contributed by atoms with E-state index in [1.807, 2.05) is 37.3 Å². The van der Waals surface area contributed by atoms with Crippen molar-refractivity contribution in [2.45, 2.75) is 25.9 Å². The molecule has 0 saturated heterocycles. The van der Waals surface area contributed by atoms with Crippen LogP contribution >= 0.6 is 0 Å². The molecule has 0 unspecified atom stereocenters. The van der Waals surface area contributed by atoms with Gasteiger partial charge in [-0.2, -0.15) is 0 Å². The lowest BCUT2D eigenvalue weighted by Gasteiger charge is -2.26. The third-order valence-corrected chi connectivity index (χ3v) is 4.47. The van der Waals surface area contributed by atoms with Gasteiger partial charge in [0.2, 0.25) is 0 Å². The van der Waals surface area contributed by atoms with Crippen LogP contribution in [0.2, 0.25) is 0 Å². The van der Waals surface area contributed by atoms with Crippen molar-refractivity contribution in [2.24, 2.45) is 0 Å². The summed E-state index contributed by atoms with van der Waals surface area (Å²) in [6.07, 6.45) is 0. The molecule has 0 aliphatic heterocycles. The normalized spacial score (nSPS) is 13.4. The van der Waals surface area contributed by atoms with E-state index in [4.69, 9.17) is 4.42 Å². The van der Waals surface area contributed by atoms with Crippen molar-refractivity contribution in [3.63, 3.8) is 0 Å². The molecule has 25 heavy (non-hydrogen) atoms. The lowest BCUT2D eigenvalue weighted by Crippen LogP contribution is -2.40. The second-order valence-corrected chi connectivity index (χ2v) is 6.17.